The number of imide groups is 1. The number of benzene rings is 2. The summed E-state index contributed by atoms with van der Waals surface area (Å²) in [5, 5.41) is 11.4. The Morgan fingerprint density at radius 1 is 0.887 bits per heavy atom. The maximum absolute atomic E-state index is 13.7. The summed E-state index contributed by atoms with van der Waals surface area (Å²) in [6.07, 6.45) is 6.82. The number of carbonyl (C=O) groups is 4. The number of pyridine rings is 2. The predicted molar refractivity (Wildman–Crippen MR) is 228 cm³/mol. The number of nitrogens with one attached hydrogen (secondary N) is 4. The highest BCUT2D eigenvalue weighted by Gasteiger charge is 2.33. The molecule has 0 radical (unpaired) electrons. The molecule has 4 N–H and O–H groups in total. The van der Waals surface area contributed by atoms with Gasteiger partial charge in [0.15, 0.2) is 17.4 Å². The van der Waals surface area contributed by atoms with Gasteiger partial charge in [-0.05, 0) is 55.7 Å². The van der Waals surface area contributed by atoms with Crippen LogP contribution in [0.5, 0.6) is 5.75 Å². The van der Waals surface area contributed by atoms with Gasteiger partial charge in [-0.1, -0.05) is 12.1 Å². The van der Waals surface area contributed by atoms with Crippen LogP contribution in [-0.2, 0) is 16.6 Å². The van der Waals surface area contributed by atoms with Crippen LogP contribution in [0.15, 0.2) is 84.2 Å². The van der Waals surface area contributed by atoms with Crippen LogP contribution in [0.1, 0.15) is 52.4 Å². The van der Waals surface area contributed by atoms with Gasteiger partial charge >= 0.3 is 5.69 Å². The van der Waals surface area contributed by atoms with Crippen molar-refractivity contribution in [2.75, 3.05) is 49.8 Å². The second kappa shape index (κ2) is 17.1. The molecule has 6 aromatic rings. The second-order valence-corrected chi connectivity index (χ2v) is 14.9. The lowest BCUT2D eigenvalue weighted by molar-refractivity contribution is -0.135. The number of fused-ring (bicyclic) bond motifs is 1. The summed E-state index contributed by atoms with van der Waals surface area (Å²) in [6.45, 7) is 1.26. The number of nitrogens with zero attached hydrogens (tertiary/aromatic N) is 8. The highest BCUT2D eigenvalue weighted by Crippen LogP contribution is 2.38. The Morgan fingerprint density at radius 2 is 1.63 bits per heavy atom. The SMILES string of the molecule is CNC(=O)c1cnc(Nc2ccc(C(=O)N(C)C3CCN(c4cccc5c4n(C)c(=O)n5C4CCC(=O)NC4=O)CC3)cn2)cc1Nc1cccc(-c2ncc(F)cn2)c1OC. The van der Waals surface area contributed by atoms with Crippen LogP contribution in [0.3, 0.4) is 0 Å². The second-order valence-electron chi connectivity index (χ2n) is 14.9. The van der Waals surface area contributed by atoms with Crippen molar-refractivity contribution in [1.82, 2.24) is 44.6 Å². The fraction of sp³-hybridized carbons (Fsp3) is 0.279. The van der Waals surface area contributed by atoms with Gasteiger partial charge in [-0.2, -0.15) is 0 Å². The Hall–Kier alpha value is -7.70. The number of imidazole rings is 1. The van der Waals surface area contributed by atoms with Gasteiger partial charge in [-0.3, -0.25) is 33.6 Å². The van der Waals surface area contributed by atoms with E-state index in [1.54, 1.807) is 60.0 Å². The number of anilines is 5. The number of carbonyl (C=O) groups excluding carboxylic acids is 4. The lowest BCUT2D eigenvalue weighted by Crippen LogP contribution is -2.45. The lowest BCUT2D eigenvalue weighted by Gasteiger charge is -2.38. The molecule has 4 aromatic heterocycles. The number of amides is 4. The average Bonchev–Trinajstić information content (AvgIpc) is 3.54. The van der Waals surface area contributed by atoms with Gasteiger partial charge in [-0.25, -0.2) is 29.1 Å². The Labute approximate surface area is 354 Å². The van der Waals surface area contributed by atoms with Crippen LogP contribution in [0.4, 0.5) is 33.1 Å². The maximum Gasteiger partial charge on any atom is 0.329 e. The number of piperidine rings is 2. The van der Waals surface area contributed by atoms with Crippen molar-refractivity contribution in [3.8, 4) is 17.1 Å². The monoisotopic (exact) mass is 842 g/mol. The van der Waals surface area contributed by atoms with Crippen molar-refractivity contribution in [2.24, 2.45) is 7.05 Å². The van der Waals surface area contributed by atoms with Gasteiger partial charge in [0.1, 0.15) is 17.7 Å². The van der Waals surface area contributed by atoms with Crippen LogP contribution in [0.2, 0.25) is 0 Å². The van der Waals surface area contributed by atoms with Crippen LogP contribution >= 0.6 is 0 Å². The van der Waals surface area contributed by atoms with Crippen LogP contribution in [0.25, 0.3) is 22.4 Å². The van der Waals surface area contributed by atoms with E-state index in [2.05, 4.69) is 46.1 Å². The first kappa shape index (κ1) is 41.1. The average molecular weight is 843 g/mol. The van der Waals surface area contributed by atoms with Gasteiger partial charge in [0, 0.05) is 65.2 Å². The highest BCUT2D eigenvalue weighted by atomic mass is 19.1. The van der Waals surface area contributed by atoms with Gasteiger partial charge in [-0.15, -0.1) is 0 Å². The van der Waals surface area contributed by atoms with Gasteiger partial charge in [0.2, 0.25) is 11.8 Å². The molecular formula is C43H43FN12O6. The van der Waals surface area contributed by atoms with Crippen molar-refractivity contribution >= 4 is 63.4 Å². The normalized spacial score (nSPS) is 15.6. The topological polar surface area (TPSA) is 211 Å². The van der Waals surface area contributed by atoms with Gasteiger partial charge in [0.05, 0.1) is 64.3 Å². The van der Waals surface area contributed by atoms with Gasteiger partial charge < -0.3 is 30.5 Å². The van der Waals surface area contributed by atoms with Crippen molar-refractivity contribution < 1.29 is 28.3 Å². The Kier molecular flexibility index (Phi) is 11.3. The Bertz CT molecular complexity index is 2770. The Morgan fingerprint density at radius 3 is 2.32 bits per heavy atom. The molecule has 19 heteroatoms. The molecule has 2 saturated heterocycles. The van der Waals surface area contributed by atoms with Crippen molar-refractivity contribution in [2.45, 2.75) is 37.8 Å². The number of aromatic nitrogens is 6. The third-order valence-corrected chi connectivity index (χ3v) is 11.3. The number of hydrogen-bond acceptors (Lipinski definition) is 13. The molecule has 1 atom stereocenters. The Balaban J connectivity index is 0.939. The number of halogens is 1. The fourth-order valence-corrected chi connectivity index (χ4v) is 8.06. The molecule has 62 heavy (non-hydrogen) atoms. The third kappa shape index (κ3) is 7.86. The molecule has 4 amide bonds. The van der Waals surface area contributed by atoms with E-state index in [1.807, 2.05) is 18.2 Å². The number of methoxy groups -OCH3 is 1. The molecule has 0 aliphatic carbocycles. The molecule has 8 rings (SSSR count). The van der Waals surface area contributed by atoms with E-state index in [-0.39, 0.29) is 53.7 Å². The van der Waals surface area contributed by atoms with Gasteiger partial charge in [0.25, 0.3) is 11.8 Å². The maximum atomic E-state index is 13.7. The third-order valence-electron chi connectivity index (χ3n) is 11.3. The molecule has 1 unspecified atom stereocenters. The van der Waals surface area contributed by atoms with E-state index in [0.29, 0.717) is 76.9 Å². The number of aryl methyl sites for hydroxylation is 1. The summed E-state index contributed by atoms with van der Waals surface area (Å²) in [6, 6.07) is 15.0. The molecule has 6 heterocycles. The number of ether oxygens (including phenoxy) is 1. The number of rotatable bonds is 11. The molecule has 0 saturated carbocycles. The quantitative estimate of drug-likeness (QED) is 0.134. The molecule has 0 spiro atoms. The van der Waals surface area contributed by atoms with Crippen LogP contribution in [-0.4, -0.2) is 97.9 Å². The minimum Gasteiger partial charge on any atom is -0.494 e. The number of para-hydroxylation sites is 2. The molecule has 18 nitrogen and oxygen atoms in total. The van der Waals surface area contributed by atoms with Crippen molar-refractivity contribution in [3.63, 3.8) is 0 Å². The van der Waals surface area contributed by atoms with E-state index in [0.717, 1.165) is 18.1 Å². The summed E-state index contributed by atoms with van der Waals surface area (Å²) >= 11 is 0. The largest absolute Gasteiger partial charge is 0.494 e. The minimum atomic E-state index is -0.773. The molecule has 2 fully saturated rings. The first-order chi connectivity index (χ1) is 29.9. The summed E-state index contributed by atoms with van der Waals surface area (Å²) < 4.78 is 22.3. The molecular weight excluding hydrogens is 800 g/mol. The lowest BCUT2D eigenvalue weighted by atomic mass is 10.0. The van der Waals surface area contributed by atoms with E-state index in [9.17, 15) is 28.4 Å². The van der Waals surface area contributed by atoms with Crippen molar-refractivity contribution in [1.29, 1.82) is 0 Å². The minimum absolute atomic E-state index is 0.0517. The summed E-state index contributed by atoms with van der Waals surface area (Å²) in [5.74, 6) is -0.577. The van der Waals surface area contributed by atoms with E-state index < -0.39 is 17.8 Å². The highest BCUT2D eigenvalue weighted by molar-refractivity contribution is 6.02. The summed E-state index contributed by atoms with van der Waals surface area (Å²) in [7, 11) is 6.46. The first-order valence-electron chi connectivity index (χ1n) is 19.9. The molecule has 2 aromatic carbocycles. The standard InChI is InChI=1S/C43H43FN12O6/c1-45-40(58)28-23-47-35(19-30(28)50-29-8-5-7-27(38(29)62-4)39-48-21-25(44)22-49-39)51-34-13-11-24(20-46-34)42(60)53(2)26-15-17-55(18-16-26)31-9-6-10-32-37(31)54(3)43(61)56(32)33-12-14-36(57)52-41(33)59/h5-11,13,19-23,26,33H,12,14-18H2,1-4H3,(H,45,58)(H,52,57,59)(H2,46,47,50,51). The predicted octanol–water partition coefficient (Wildman–Crippen LogP) is 4.30. The van der Waals surface area contributed by atoms with Crippen LogP contribution < -0.4 is 36.6 Å². The number of hydrogen-bond donors (Lipinski definition) is 4. The van der Waals surface area contributed by atoms with E-state index in [1.165, 1.54) is 31.1 Å². The zero-order valence-electron chi connectivity index (χ0n) is 34.3. The summed E-state index contributed by atoms with van der Waals surface area (Å²) in [5.41, 5.74) is 3.90. The molecule has 318 valence electrons. The molecule has 2 aliphatic rings. The van der Waals surface area contributed by atoms with Crippen molar-refractivity contribution in [3.05, 3.63) is 107 Å². The molecule has 0 bridgehead atoms. The van der Waals surface area contributed by atoms with Crippen LogP contribution in [0, 0.1) is 5.82 Å². The zero-order chi connectivity index (χ0) is 43.7. The molecule has 2 aliphatic heterocycles. The van der Waals surface area contributed by atoms with E-state index >= 15 is 0 Å². The smallest absolute Gasteiger partial charge is 0.329 e. The first-order valence-corrected chi connectivity index (χ1v) is 19.9. The van der Waals surface area contributed by atoms with E-state index in [4.69, 9.17) is 4.74 Å². The summed E-state index contributed by atoms with van der Waals surface area (Å²) in [4.78, 5) is 85.6. The fourth-order valence-electron chi connectivity index (χ4n) is 8.06. The zero-order valence-corrected chi connectivity index (χ0v) is 34.3.